The van der Waals surface area contributed by atoms with Crippen LogP contribution in [-0.4, -0.2) is 69.7 Å². The van der Waals surface area contributed by atoms with E-state index in [1.807, 2.05) is 49.4 Å². The molecule has 1 saturated heterocycles. The van der Waals surface area contributed by atoms with E-state index in [2.05, 4.69) is 21.9 Å². The van der Waals surface area contributed by atoms with Crippen molar-refractivity contribution in [2.24, 2.45) is 0 Å². The number of hydrogen-bond acceptors (Lipinski definition) is 6. The third-order valence-electron chi connectivity index (χ3n) is 5.26. The molecule has 1 atom stereocenters. The van der Waals surface area contributed by atoms with E-state index in [9.17, 15) is 5.11 Å². The summed E-state index contributed by atoms with van der Waals surface area (Å²) in [6.45, 7) is 6.48. The van der Waals surface area contributed by atoms with Gasteiger partial charge < -0.3 is 24.2 Å². The number of piperazine rings is 1. The molecule has 0 spiro atoms. The van der Waals surface area contributed by atoms with Gasteiger partial charge in [0.05, 0.1) is 14.2 Å². The van der Waals surface area contributed by atoms with E-state index in [1.165, 1.54) is 5.69 Å². The van der Waals surface area contributed by atoms with Crippen LogP contribution in [0.1, 0.15) is 12.5 Å². The zero-order chi connectivity index (χ0) is 21.3. The van der Waals surface area contributed by atoms with E-state index >= 15 is 0 Å². The normalized spacial score (nSPS) is 14.9. The van der Waals surface area contributed by atoms with Crippen LogP contribution in [0, 0.1) is 0 Å². The lowest BCUT2D eigenvalue weighted by molar-refractivity contribution is 0.0653. The minimum Gasteiger partial charge on any atom is -0.497 e. The van der Waals surface area contributed by atoms with Gasteiger partial charge in [-0.25, -0.2) is 0 Å². The lowest BCUT2D eigenvalue weighted by Gasteiger charge is -2.36. The fourth-order valence-electron chi connectivity index (χ4n) is 3.62. The van der Waals surface area contributed by atoms with Crippen LogP contribution in [0.15, 0.2) is 48.5 Å². The summed E-state index contributed by atoms with van der Waals surface area (Å²) in [6.07, 6.45) is 3.43. The number of β-amino-alcohol motifs (C(OH)–C–C–N with tert-alkyl or cyclic N) is 1. The van der Waals surface area contributed by atoms with Crippen LogP contribution < -0.4 is 19.1 Å². The highest BCUT2D eigenvalue weighted by atomic mass is 35.5. The molecule has 0 saturated carbocycles. The van der Waals surface area contributed by atoms with Gasteiger partial charge in [0, 0.05) is 38.4 Å². The van der Waals surface area contributed by atoms with Gasteiger partial charge in [0.1, 0.15) is 18.5 Å². The Labute approximate surface area is 203 Å². The zero-order valence-electron chi connectivity index (χ0n) is 18.9. The predicted octanol–water partition coefficient (Wildman–Crippen LogP) is 4.14. The second kappa shape index (κ2) is 14.1. The first-order valence-corrected chi connectivity index (χ1v) is 10.4. The van der Waals surface area contributed by atoms with Crippen molar-refractivity contribution in [3.63, 3.8) is 0 Å². The summed E-state index contributed by atoms with van der Waals surface area (Å²) in [7, 11) is 3.30. The Morgan fingerprint density at radius 3 is 2.22 bits per heavy atom. The number of aliphatic hydroxyl groups is 1. The predicted molar refractivity (Wildman–Crippen MR) is 135 cm³/mol. The third kappa shape index (κ3) is 7.78. The van der Waals surface area contributed by atoms with Gasteiger partial charge in [0.25, 0.3) is 0 Å². The maximum atomic E-state index is 10.5. The summed E-state index contributed by atoms with van der Waals surface area (Å²) in [6, 6.07) is 13.9. The van der Waals surface area contributed by atoms with Gasteiger partial charge in [-0.3, -0.25) is 4.90 Å². The Kier molecular flexibility index (Phi) is 12.3. The van der Waals surface area contributed by atoms with Gasteiger partial charge in [0.15, 0.2) is 11.5 Å². The van der Waals surface area contributed by atoms with Crippen LogP contribution in [-0.2, 0) is 0 Å². The number of benzene rings is 2. The largest absolute Gasteiger partial charge is 0.497 e. The zero-order valence-corrected chi connectivity index (χ0v) is 20.5. The molecule has 2 aromatic carbocycles. The van der Waals surface area contributed by atoms with E-state index in [-0.39, 0.29) is 31.4 Å². The summed E-state index contributed by atoms with van der Waals surface area (Å²) in [5.41, 5.74) is 2.25. The first-order valence-electron chi connectivity index (χ1n) is 10.4. The number of rotatable bonds is 9. The number of anilines is 1. The molecule has 0 bridgehead atoms. The second-order valence-electron chi connectivity index (χ2n) is 7.36. The van der Waals surface area contributed by atoms with Crippen molar-refractivity contribution < 1.29 is 19.3 Å². The van der Waals surface area contributed by atoms with Crippen LogP contribution in [0.25, 0.3) is 6.08 Å². The molecule has 1 aliphatic rings. The summed E-state index contributed by atoms with van der Waals surface area (Å²) >= 11 is 0. The van der Waals surface area contributed by atoms with Gasteiger partial charge in [-0.05, 0) is 48.9 Å². The minimum atomic E-state index is -0.558. The number of methoxy groups -OCH3 is 2. The first kappa shape index (κ1) is 27.9. The van der Waals surface area contributed by atoms with Gasteiger partial charge in [-0.1, -0.05) is 18.2 Å². The maximum absolute atomic E-state index is 10.5. The van der Waals surface area contributed by atoms with E-state index < -0.39 is 6.10 Å². The molecule has 0 radical (unpaired) electrons. The third-order valence-corrected chi connectivity index (χ3v) is 5.26. The lowest BCUT2D eigenvalue weighted by atomic mass is 10.2. The molecule has 8 heteroatoms. The summed E-state index contributed by atoms with van der Waals surface area (Å²) < 4.78 is 16.5. The molecular weight excluding hydrogens is 451 g/mol. The number of aliphatic hydroxyl groups excluding tert-OH is 1. The van der Waals surface area contributed by atoms with Gasteiger partial charge in [0.2, 0.25) is 0 Å². The molecule has 6 nitrogen and oxygen atoms in total. The highest BCUT2D eigenvalue weighted by Crippen LogP contribution is 2.28. The molecule has 3 rings (SSSR count). The van der Waals surface area contributed by atoms with E-state index in [4.69, 9.17) is 14.2 Å². The summed E-state index contributed by atoms with van der Waals surface area (Å²) in [5.74, 6) is 2.19. The second-order valence-corrected chi connectivity index (χ2v) is 7.36. The molecule has 1 aliphatic heterocycles. The molecule has 1 fully saturated rings. The van der Waals surface area contributed by atoms with Crippen LogP contribution in [0.5, 0.6) is 17.2 Å². The fraction of sp³-hybridized carbons (Fsp3) is 0.417. The van der Waals surface area contributed by atoms with Crippen molar-refractivity contribution in [2.45, 2.75) is 13.0 Å². The number of allylic oxidation sites excluding steroid dienone is 1. The number of nitrogens with zero attached hydrogens (tertiary/aromatic N) is 2. The lowest BCUT2D eigenvalue weighted by Crippen LogP contribution is -2.49. The number of halogens is 2. The van der Waals surface area contributed by atoms with Crippen LogP contribution in [0.2, 0.25) is 0 Å². The van der Waals surface area contributed by atoms with Crippen molar-refractivity contribution >= 4 is 36.6 Å². The molecule has 1 N–H and O–H groups in total. The van der Waals surface area contributed by atoms with Crippen LogP contribution in [0.4, 0.5) is 5.69 Å². The first-order chi connectivity index (χ1) is 14.6. The van der Waals surface area contributed by atoms with E-state index in [1.54, 1.807) is 14.2 Å². The number of hydrogen-bond donors (Lipinski definition) is 1. The Morgan fingerprint density at radius 2 is 1.62 bits per heavy atom. The van der Waals surface area contributed by atoms with Crippen LogP contribution in [0.3, 0.4) is 0 Å². The van der Waals surface area contributed by atoms with Gasteiger partial charge >= 0.3 is 0 Å². The molecule has 0 amide bonds. The quantitative estimate of drug-likeness (QED) is 0.576. The topological polar surface area (TPSA) is 54.4 Å². The highest BCUT2D eigenvalue weighted by Gasteiger charge is 2.20. The highest BCUT2D eigenvalue weighted by molar-refractivity contribution is 5.85. The molecule has 1 unspecified atom stereocenters. The Bertz CT molecular complexity index is 825. The molecular formula is C24H34Cl2N2O4. The van der Waals surface area contributed by atoms with Crippen molar-refractivity contribution in [1.29, 1.82) is 0 Å². The van der Waals surface area contributed by atoms with E-state index in [0.29, 0.717) is 18.0 Å². The van der Waals surface area contributed by atoms with E-state index in [0.717, 1.165) is 37.5 Å². The molecule has 0 aliphatic carbocycles. The average molecular weight is 485 g/mol. The molecule has 1 heterocycles. The van der Waals surface area contributed by atoms with Crippen molar-refractivity contribution in [3.8, 4) is 17.2 Å². The summed E-state index contributed by atoms with van der Waals surface area (Å²) in [5, 5.41) is 10.5. The SMILES string of the molecule is CC=Cc1ccc(OCC(O)CN2CCN(c3ccc(OC)cc3)CC2)c(OC)c1.Cl.Cl. The Hall–Kier alpha value is -2.12. The van der Waals surface area contributed by atoms with Gasteiger partial charge in [-0.15, -0.1) is 24.8 Å². The van der Waals surface area contributed by atoms with Crippen molar-refractivity contribution in [1.82, 2.24) is 4.90 Å². The van der Waals surface area contributed by atoms with Crippen LogP contribution >= 0.6 is 24.8 Å². The molecule has 0 aromatic heterocycles. The molecule has 32 heavy (non-hydrogen) atoms. The van der Waals surface area contributed by atoms with Crippen molar-refractivity contribution in [2.75, 3.05) is 58.5 Å². The summed E-state index contributed by atoms with van der Waals surface area (Å²) in [4.78, 5) is 4.64. The Balaban J connectivity index is 0.00000256. The maximum Gasteiger partial charge on any atom is 0.161 e. The van der Waals surface area contributed by atoms with Gasteiger partial charge in [-0.2, -0.15) is 0 Å². The minimum absolute atomic E-state index is 0. The molecule has 2 aromatic rings. The van der Waals surface area contributed by atoms with Crippen molar-refractivity contribution in [3.05, 3.63) is 54.1 Å². The molecule has 178 valence electrons. The average Bonchev–Trinajstić information content (AvgIpc) is 2.79. The standard InChI is InChI=1S/C24H32N2O4.2ClH/c1-4-5-19-6-11-23(24(16-19)29-3)30-18-21(27)17-25-12-14-26(15-13-25)20-7-9-22(28-2)10-8-20;;/h4-11,16,21,27H,12-15,17-18H2,1-3H3;2*1H. The monoisotopic (exact) mass is 484 g/mol. The smallest absolute Gasteiger partial charge is 0.161 e. The Morgan fingerprint density at radius 1 is 0.938 bits per heavy atom. The number of ether oxygens (including phenoxy) is 3. The fourth-order valence-corrected chi connectivity index (χ4v) is 3.62.